The van der Waals surface area contributed by atoms with Crippen molar-refractivity contribution in [3.8, 4) is 11.5 Å². The van der Waals surface area contributed by atoms with Gasteiger partial charge in [0.2, 0.25) is 5.75 Å². The van der Waals surface area contributed by atoms with Crippen LogP contribution in [0.15, 0.2) is 30.5 Å². The topological polar surface area (TPSA) is 91.8 Å². The van der Waals surface area contributed by atoms with E-state index < -0.39 is 23.6 Å². The van der Waals surface area contributed by atoms with E-state index in [4.69, 9.17) is 14.2 Å². The molecule has 0 spiro atoms. The van der Waals surface area contributed by atoms with Gasteiger partial charge in [-0.05, 0) is 37.8 Å². The number of ketones is 1. The van der Waals surface area contributed by atoms with Gasteiger partial charge in [0.15, 0.2) is 17.2 Å². The molecule has 0 amide bonds. The number of pyridine rings is 1. The number of hydrogen-bond donors (Lipinski definition) is 0. The van der Waals surface area contributed by atoms with E-state index in [0.29, 0.717) is 0 Å². The average Bonchev–Trinajstić information content (AvgIpc) is 2.74. The van der Waals surface area contributed by atoms with E-state index in [1.807, 2.05) is 13.8 Å². The average molecular weight is 470 g/mol. The second-order valence-corrected chi connectivity index (χ2v) is 9.08. The van der Waals surface area contributed by atoms with Crippen LogP contribution in [0.1, 0.15) is 74.1 Å². The number of rotatable bonds is 10. The molecular formula is C27H35NO6. The van der Waals surface area contributed by atoms with Crippen LogP contribution in [0.5, 0.6) is 11.5 Å². The van der Waals surface area contributed by atoms with Crippen LogP contribution >= 0.6 is 0 Å². The maximum absolute atomic E-state index is 12.9. The largest absolute Gasteiger partial charge is 0.493 e. The highest BCUT2D eigenvalue weighted by Gasteiger charge is 2.30. The Labute approximate surface area is 201 Å². The molecule has 2 rings (SSSR count). The number of carbonyl (C=O) groups excluding carboxylic acids is 3. The highest BCUT2D eigenvalue weighted by atomic mass is 16.6. The van der Waals surface area contributed by atoms with E-state index in [9.17, 15) is 14.4 Å². The molecule has 3 atom stereocenters. The predicted octanol–water partition coefficient (Wildman–Crippen LogP) is 5.21. The number of nitrogens with zero attached hydrogens (tertiary/aromatic N) is 1. The van der Waals surface area contributed by atoms with E-state index in [1.54, 1.807) is 6.92 Å². The van der Waals surface area contributed by atoms with Crippen LogP contribution in [0, 0.1) is 25.7 Å². The molecule has 0 saturated carbocycles. The molecule has 2 aromatic rings. The zero-order valence-corrected chi connectivity index (χ0v) is 21.3. The predicted molar refractivity (Wildman–Crippen MR) is 129 cm³/mol. The maximum Gasteiger partial charge on any atom is 0.309 e. The van der Waals surface area contributed by atoms with Crippen molar-refractivity contribution in [2.75, 3.05) is 7.11 Å². The van der Waals surface area contributed by atoms with Gasteiger partial charge in [0.05, 0.1) is 13.0 Å². The molecule has 0 unspecified atom stereocenters. The third kappa shape index (κ3) is 6.65. The van der Waals surface area contributed by atoms with Crippen LogP contribution in [-0.4, -0.2) is 35.9 Å². The first-order chi connectivity index (χ1) is 16.0. The highest BCUT2D eigenvalue weighted by molar-refractivity contribution is 5.99. The fraction of sp³-hybridized carbons (Fsp3) is 0.481. The second-order valence-electron chi connectivity index (χ2n) is 9.08. The first-order valence-corrected chi connectivity index (χ1v) is 11.5. The van der Waals surface area contributed by atoms with Crippen LogP contribution in [0.25, 0.3) is 0 Å². The van der Waals surface area contributed by atoms with Gasteiger partial charge in [0, 0.05) is 31.5 Å². The zero-order chi connectivity index (χ0) is 25.6. The molecule has 7 heteroatoms. The van der Waals surface area contributed by atoms with Crippen LogP contribution in [0.2, 0.25) is 0 Å². The summed E-state index contributed by atoms with van der Waals surface area (Å²) in [7, 11) is 1.40. The summed E-state index contributed by atoms with van der Waals surface area (Å²) >= 11 is 0. The first-order valence-electron chi connectivity index (χ1n) is 11.5. The quantitative estimate of drug-likeness (QED) is 0.348. The molecule has 0 radical (unpaired) electrons. The van der Waals surface area contributed by atoms with Crippen molar-refractivity contribution >= 4 is 17.7 Å². The molecule has 0 aliphatic rings. The molecule has 0 saturated heterocycles. The van der Waals surface area contributed by atoms with Crippen molar-refractivity contribution in [1.82, 2.24) is 4.98 Å². The van der Waals surface area contributed by atoms with Crippen molar-refractivity contribution in [1.29, 1.82) is 0 Å². The van der Waals surface area contributed by atoms with E-state index in [0.717, 1.165) is 11.1 Å². The SMILES string of the molecule is COc1ccnc(C(=O)C[C@@H](C)C(=O)O[C@@H](C)[C@@H](c2ccc(C)cc2C)C(C)C)c1OC(C)=O. The number of hydrogen-bond acceptors (Lipinski definition) is 7. The van der Waals surface area contributed by atoms with Crippen molar-refractivity contribution in [2.24, 2.45) is 11.8 Å². The maximum atomic E-state index is 12.9. The standard InChI is InChI=1S/C27H35NO6/c1-15(2)24(21-10-9-16(3)13-17(21)4)19(6)33-27(31)18(5)14-22(30)25-26(34-20(7)29)23(32-8)11-12-28-25/h9-13,15,18-19,24H,14H2,1-8H3/t18-,19+,24+/m1/s1. The van der Waals surface area contributed by atoms with Crippen LogP contribution in [-0.2, 0) is 14.3 Å². The molecule has 0 bridgehead atoms. The number of methoxy groups -OCH3 is 1. The van der Waals surface area contributed by atoms with Gasteiger partial charge in [-0.1, -0.05) is 44.5 Å². The smallest absolute Gasteiger partial charge is 0.309 e. The molecule has 0 fully saturated rings. The lowest BCUT2D eigenvalue weighted by molar-refractivity contribution is -0.154. The van der Waals surface area contributed by atoms with E-state index >= 15 is 0 Å². The van der Waals surface area contributed by atoms with Crippen LogP contribution in [0.4, 0.5) is 0 Å². The normalized spacial score (nSPS) is 13.7. The number of benzene rings is 1. The first kappa shape index (κ1) is 27.0. The number of esters is 2. The summed E-state index contributed by atoms with van der Waals surface area (Å²) in [6, 6.07) is 7.78. The van der Waals surface area contributed by atoms with Crippen LogP contribution < -0.4 is 9.47 Å². The van der Waals surface area contributed by atoms with E-state index in [1.165, 1.54) is 31.9 Å². The summed E-state index contributed by atoms with van der Waals surface area (Å²) in [6.07, 6.45) is 0.870. The van der Waals surface area contributed by atoms with Gasteiger partial charge in [0.1, 0.15) is 6.10 Å². The minimum absolute atomic E-state index is 0.0167. The Balaban J connectivity index is 2.16. The molecule has 34 heavy (non-hydrogen) atoms. The number of ether oxygens (including phenoxy) is 3. The number of aryl methyl sites for hydroxylation is 2. The van der Waals surface area contributed by atoms with Crippen LogP contribution in [0.3, 0.4) is 0 Å². The number of Topliss-reactive ketones (excluding diaryl/α,β-unsaturated/α-hetero) is 1. The van der Waals surface area contributed by atoms with E-state index in [-0.39, 0.29) is 41.6 Å². The Hall–Kier alpha value is -3.22. The van der Waals surface area contributed by atoms with Crippen molar-refractivity contribution in [2.45, 2.75) is 66.9 Å². The molecule has 184 valence electrons. The molecule has 1 heterocycles. The Morgan fingerprint density at radius 3 is 2.26 bits per heavy atom. The monoisotopic (exact) mass is 469 g/mol. The molecule has 7 nitrogen and oxygen atoms in total. The summed E-state index contributed by atoms with van der Waals surface area (Å²) < 4.78 is 16.2. The Bertz CT molecular complexity index is 1050. The van der Waals surface area contributed by atoms with Gasteiger partial charge in [-0.15, -0.1) is 0 Å². The molecule has 0 aliphatic heterocycles. The minimum atomic E-state index is -0.708. The van der Waals surface area contributed by atoms with Gasteiger partial charge in [-0.2, -0.15) is 0 Å². The number of carbonyl (C=O) groups is 3. The zero-order valence-electron chi connectivity index (χ0n) is 21.3. The van der Waals surface area contributed by atoms with Gasteiger partial charge >= 0.3 is 11.9 Å². The van der Waals surface area contributed by atoms with Crippen molar-refractivity contribution < 1.29 is 28.6 Å². The van der Waals surface area contributed by atoms with Gasteiger partial charge in [-0.3, -0.25) is 14.4 Å². The summed E-state index contributed by atoms with van der Waals surface area (Å²) in [5.41, 5.74) is 3.43. The lowest BCUT2D eigenvalue weighted by Crippen LogP contribution is -2.30. The molecule has 1 aromatic carbocycles. The molecule has 0 aliphatic carbocycles. The van der Waals surface area contributed by atoms with Crippen molar-refractivity contribution in [3.63, 3.8) is 0 Å². The summed E-state index contributed by atoms with van der Waals surface area (Å²) in [6.45, 7) is 13.1. The van der Waals surface area contributed by atoms with Gasteiger partial charge < -0.3 is 14.2 Å². The Morgan fingerprint density at radius 2 is 1.71 bits per heavy atom. The fourth-order valence-corrected chi connectivity index (χ4v) is 4.22. The second kappa shape index (κ2) is 11.8. The van der Waals surface area contributed by atoms with Gasteiger partial charge in [-0.25, -0.2) is 4.98 Å². The number of aromatic nitrogens is 1. The third-order valence-corrected chi connectivity index (χ3v) is 5.80. The van der Waals surface area contributed by atoms with Crippen molar-refractivity contribution in [3.05, 3.63) is 52.8 Å². The fourth-order valence-electron chi connectivity index (χ4n) is 4.22. The summed E-state index contributed by atoms with van der Waals surface area (Å²) in [5, 5.41) is 0. The molecular weight excluding hydrogens is 434 g/mol. The lowest BCUT2D eigenvalue weighted by atomic mass is 9.82. The molecule has 0 N–H and O–H groups in total. The third-order valence-electron chi connectivity index (χ3n) is 5.80. The summed E-state index contributed by atoms with van der Waals surface area (Å²) in [5.74, 6) is -1.80. The van der Waals surface area contributed by atoms with Gasteiger partial charge in [0.25, 0.3) is 0 Å². The van der Waals surface area contributed by atoms with E-state index in [2.05, 4.69) is 44.0 Å². The Morgan fingerprint density at radius 1 is 1.03 bits per heavy atom. The highest BCUT2D eigenvalue weighted by Crippen LogP contribution is 2.34. The lowest BCUT2D eigenvalue weighted by Gasteiger charge is -2.30. The minimum Gasteiger partial charge on any atom is -0.493 e. The molecule has 1 aromatic heterocycles. The Kier molecular flexibility index (Phi) is 9.36. The summed E-state index contributed by atoms with van der Waals surface area (Å²) in [4.78, 5) is 41.4.